The summed E-state index contributed by atoms with van der Waals surface area (Å²) in [7, 11) is -0.291. The molecule has 2 aliphatic heterocycles. The summed E-state index contributed by atoms with van der Waals surface area (Å²) in [5, 5.41) is 0.723. The Balaban J connectivity index is 2.20. The summed E-state index contributed by atoms with van der Waals surface area (Å²) in [5.41, 5.74) is 1.96. The van der Waals surface area contributed by atoms with Crippen molar-refractivity contribution in [2.75, 3.05) is 13.2 Å². The molecule has 72 valence electrons. The number of ether oxygens (including phenoxy) is 1. The molecule has 0 N–H and O–H groups in total. The predicted molar refractivity (Wildman–Crippen MR) is 53.1 cm³/mol. The monoisotopic (exact) mass is 210 g/mol. The van der Waals surface area contributed by atoms with E-state index in [1.54, 1.807) is 0 Å². The molecule has 3 rings (SSSR count). The summed E-state index contributed by atoms with van der Waals surface area (Å²) in [6.45, 7) is 1.63. The van der Waals surface area contributed by atoms with Crippen LogP contribution in [0.25, 0.3) is 0 Å². The minimum absolute atomic E-state index is 0.291. The fraction of sp³-hybridized carbons (Fsp3) is 0.333. The lowest BCUT2D eigenvalue weighted by Crippen LogP contribution is -2.31. The molecule has 2 aliphatic rings. The molecule has 0 aliphatic carbocycles. The first-order valence-electron chi connectivity index (χ1n) is 4.53. The van der Waals surface area contributed by atoms with Crippen molar-refractivity contribution in [1.82, 2.24) is 0 Å². The standard InChI is InChI=1S/C9H8BClO3/c11-7-1-2-8-9-6(7)5-14-10(9)13-4-3-12-8/h1-2H,3-5H2. The van der Waals surface area contributed by atoms with Crippen LogP contribution in [0, 0.1) is 0 Å². The largest absolute Gasteiger partial charge is 0.498 e. The average molecular weight is 210 g/mol. The number of rotatable bonds is 0. The van der Waals surface area contributed by atoms with Crippen LogP contribution in [0.1, 0.15) is 5.56 Å². The summed E-state index contributed by atoms with van der Waals surface area (Å²) in [5.74, 6) is 0.837. The summed E-state index contributed by atoms with van der Waals surface area (Å²) in [6, 6.07) is 3.71. The summed E-state index contributed by atoms with van der Waals surface area (Å²) in [6.07, 6.45) is 0. The number of hydrogen-bond acceptors (Lipinski definition) is 3. The van der Waals surface area contributed by atoms with Crippen LogP contribution in [0.2, 0.25) is 5.02 Å². The first-order chi connectivity index (χ1) is 6.86. The van der Waals surface area contributed by atoms with Gasteiger partial charge in [0.1, 0.15) is 12.4 Å². The molecule has 0 amide bonds. The van der Waals surface area contributed by atoms with Crippen LogP contribution in [0.15, 0.2) is 12.1 Å². The van der Waals surface area contributed by atoms with Gasteiger partial charge in [0.2, 0.25) is 0 Å². The van der Waals surface area contributed by atoms with Crippen LogP contribution in [-0.2, 0) is 15.9 Å². The number of halogens is 1. The van der Waals surface area contributed by atoms with Crippen molar-refractivity contribution in [1.29, 1.82) is 0 Å². The molecule has 0 radical (unpaired) electrons. The van der Waals surface area contributed by atoms with Gasteiger partial charge in [-0.15, -0.1) is 0 Å². The molecule has 3 nitrogen and oxygen atoms in total. The van der Waals surface area contributed by atoms with Crippen LogP contribution >= 0.6 is 11.6 Å². The van der Waals surface area contributed by atoms with E-state index in [1.165, 1.54) is 0 Å². The van der Waals surface area contributed by atoms with Gasteiger partial charge < -0.3 is 14.0 Å². The fourth-order valence-corrected chi connectivity index (χ4v) is 2.05. The maximum atomic E-state index is 6.05. The van der Waals surface area contributed by atoms with Crippen molar-refractivity contribution >= 4 is 24.2 Å². The predicted octanol–water partition coefficient (Wildman–Crippen LogP) is 0.974. The molecule has 0 saturated carbocycles. The van der Waals surface area contributed by atoms with E-state index < -0.39 is 0 Å². The second-order valence-corrected chi connectivity index (χ2v) is 3.71. The highest BCUT2D eigenvalue weighted by molar-refractivity contribution is 6.64. The Labute approximate surface area is 87.1 Å². The first kappa shape index (κ1) is 8.59. The van der Waals surface area contributed by atoms with Gasteiger partial charge in [-0.3, -0.25) is 0 Å². The van der Waals surface area contributed by atoms with E-state index in [1.807, 2.05) is 12.1 Å². The SMILES string of the molecule is Clc1ccc2c3c1COB3OCCO2. The van der Waals surface area contributed by atoms with Gasteiger partial charge in [-0.2, -0.15) is 0 Å². The molecule has 0 spiro atoms. The van der Waals surface area contributed by atoms with Gasteiger partial charge in [0.25, 0.3) is 0 Å². The Morgan fingerprint density at radius 1 is 1.21 bits per heavy atom. The zero-order valence-electron chi connectivity index (χ0n) is 7.46. The van der Waals surface area contributed by atoms with Gasteiger partial charge >= 0.3 is 7.12 Å². The van der Waals surface area contributed by atoms with E-state index in [2.05, 4.69) is 0 Å². The van der Waals surface area contributed by atoms with Crippen molar-refractivity contribution in [3.63, 3.8) is 0 Å². The van der Waals surface area contributed by atoms with E-state index in [0.717, 1.165) is 21.8 Å². The van der Waals surface area contributed by atoms with Crippen LogP contribution in [0.5, 0.6) is 5.75 Å². The van der Waals surface area contributed by atoms with Gasteiger partial charge in [-0.05, 0) is 17.7 Å². The third-order valence-corrected chi connectivity index (χ3v) is 2.84. The second-order valence-electron chi connectivity index (χ2n) is 3.30. The van der Waals surface area contributed by atoms with E-state index in [9.17, 15) is 0 Å². The summed E-state index contributed by atoms with van der Waals surface area (Å²) < 4.78 is 16.5. The third kappa shape index (κ3) is 1.15. The lowest BCUT2D eigenvalue weighted by molar-refractivity contribution is 0.180. The Bertz CT molecular complexity index is 383. The van der Waals surface area contributed by atoms with Gasteiger partial charge in [0, 0.05) is 10.5 Å². The molecule has 0 fully saturated rings. The summed E-state index contributed by atoms with van der Waals surface area (Å²) in [4.78, 5) is 0. The topological polar surface area (TPSA) is 27.7 Å². The van der Waals surface area contributed by atoms with E-state index in [0.29, 0.717) is 19.8 Å². The minimum atomic E-state index is -0.291. The molecule has 0 unspecified atom stereocenters. The van der Waals surface area contributed by atoms with Crippen LogP contribution in [0.3, 0.4) is 0 Å². The van der Waals surface area contributed by atoms with Gasteiger partial charge in [-0.25, -0.2) is 0 Å². The maximum absolute atomic E-state index is 6.05. The van der Waals surface area contributed by atoms with Gasteiger partial charge in [-0.1, -0.05) is 11.6 Å². The van der Waals surface area contributed by atoms with Crippen molar-refractivity contribution in [3.05, 3.63) is 22.7 Å². The molecule has 0 atom stereocenters. The van der Waals surface area contributed by atoms with Crippen molar-refractivity contribution in [2.45, 2.75) is 6.61 Å². The molecular formula is C9H8BClO3. The lowest BCUT2D eigenvalue weighted by Gasteiger charge is -2.07. The maximum Gasteiger partial charge on any atom is 0.498 e. The Morgan fingerprint density at radius 2 is 2.14 bits per heavy atom. The number of benzene rings is 1. The first-order valence-corrected chi connectivity index (χ1v) is 4.91. The zero-order chi connectivity index (χ0) is 9.54. The van der Waals surface area contributed by atoms with E-state index >= 15 is 0 Å². The van der Waals surface area contributed by atoms with Crippen molar-refractivity contribution in [3.8, 4) is 5.75 Å². The molecule has 5 heteroatoms. The molecule has 1 aromatic carbocycles. The second kappa shape index (κ2) is 3.16. The highest BCUT2D eigenvalue weighted by Crippen LogP contribution is 2.27. The lowest BCUT2D eigenvalue weighted by atomic mass is 9.78. The van der Waals surface area contributed by atoms with Gasteiger partial charge in [0.05, 0.1) is 13.2 Å². The zero-order valence-corrected chi connectivity index (χ0v) is 8.21. The van der Waals surface area contributed by atoms with Crippen LogP contribution < -0.4 is 10.2 Å². The fourth-order valence-electron chi connectivity index (χ4n) is 1.83. The van der Waals surface area contributed by atoms with Crippen LogP contribution in [0.4, 0.5) is 0 Å². The van der Waals surface area contributed by atoms with Crippen molar-refractivity contribution in [2.24, 2.45) is 0 Å². The Morgan fingerprint density at radius 3 is 3.07 bits per heavy atom. The molecule has 1 aromatic rings. The molecule has 0 aromatic heterocycles. The Hall–Kier alpha value is -0.705. The minimum Gasteiger partial charge on any atom is -0.492 e. The van der Waals surface area contributed by atoms with Crippen molar-refractivity contribution < 1.29 is 14.0 Å². The molecule has 0 saturated heterocycles. The molecule has 0 bridgehead atoms. The molecular weight excluding hydrogens is 202 g/mol. The van der Waals surface area contributed by atoms with E-state index in [-0.39, 0.29) is 7.12 Å². The van der Waals surface area contributed by atoms with E-state index in [4.69, 9.17) is 25.6 Å². The quantitative estimate of drug-likeness (QED) is 0.597. The summed E-state index contributed by atoms with van der Waals surface area (Å²) >= 11 is 6.05. The normalized spacial score (nSPS) is 18.8. The van der Waals surface area contributed by atoms with Gasteiger partial charge in [0.15, 0.2) is 0 Å². The third-order valence-electron chi connectivity index (χ3n) is 2.48. The Kier molecular flexibility index (Phi) is 1.94. The number of hydrogen-bond donors (Lipinski definition) is 0. The highest BCUT2D eigenvalue weighted by atomic mass is 35.5. The smallest absolute Gasteiger partial charge is 0.492 e. The molecule has 14 heavy (non-hydrogen) atoms. The average Bonchev–Trinajstić information content (AvgIpc) is 2.51. The molecule has 2 heterocycles. The van der Waals surface area contributed by atoms with Crippen LogP contribution in [-0.4, -0.2) is 20.3 Å². The highest BCUT2D eigenvalue weighted by Gasteiger charge is 2.37.